The molecule has 0 bridgehead atoms. The van der Waals surface area contributed by atoms with Gasteiger partial charge in [-0.1, -0.05) is 32.1 Å². The Morgan fingerprint density at radius 2 is 1.87 bits per heavy atom. The Bertz CT molecular complexity index is 867. The van der Waals surface area contributed by atoms with E-state index in [1.807, 2.05) is 24.3 Å². The molecule has 1 aliphatic carbocycles. The first-order valence-electron chi connectivity index (χ1n) is 10.2. The fourth-order valence-electron chi connectivity index (χ4n) is 3.60. The fourth-order valence-corrected chi connectivity index (χ4v) is 4.55. The van der Waals surface area contributed by atoms with E-state index in [1.165, 1.54) is 32.1 Å². The van der Waals surface area contributed by atoms with E-state index in [1.54, 1.807) is 25.3 Å². The lowest BCUT2D eigenvalue weighted by atomic mass is 9.87. The lowest BCUT2D eigenvalue weighted by Crippen LogP contribution is -2.34. The average molecular weight is 538 g/mol. The first-order chi connectivity index (χ1) is 14.5. The van der Waals surface area contributed by atoms with E-state index < -0.39 is 0 Å². The summed E-state index contributed by atoms with van der Waals surface area (Å²) in [7, 11) is 1.60. The number of carbonyl (C=O) groups excluding carboxylic acids is 1. The molecule has 0 saturated heterocycles. The van der Waals surface area contributed by atoms with Crippen LogP contribution in [0.3, 0.4) is 0 Å². The minimum atomic E-state index is -0.268. The molecule has 0 radical (unpaired) electrons. The molecule has 160 valence electrons. The smallest absolute Gasteiger partial charge is 0.257 e. The molecule has 3 rings (SSSR count). The van der Waals surface area contributed by atoms with Crippen molar-refractivity contribution in [3.8, 4) is 11.5 Å². The number of nitrogens with one attached hydrogen (secondary N) is 2. The van der Waals surface area contributed by atoms with Crippen LogP contribution in [0, 0.1) is 9.49 Å². The van der Waals surface area contributed by atoms with Gasteiger partial charge in [0.05, 0.1) is 17.3 Å². The molecule has 0 aromatic heterocycles. The zero-order valence-corrected chi connectivity index (χ0v) is 20.1. The van der Waals surface area contributed by atoms with Gasteiger partial charge in [-0.15, -0.1) is 0 Å². The molecule has 0 atom stereocenters. The summed E-state index contributed by atoms with van der Waals surface area (Å²) in [4.78, 5) is 12.4. The number of amides is 1. The highest BCUT2D eigenvalue weighted by Crippen LogP contribution is 2.26. The highest BCUT2D eigenvalue weighted by Gasteiger charge is 2.13. The van der Waals surface area contributed by atoms with Crippen LogP contribution in [0.5, 0.6) is 11.5 Å². The highest BCUT2D eigenvalue weighted by molar-refractivity contribution is 14.1. The van der Waals surface area contributed by atoms with E-state index in [-0.39, 0.29) is 11.0 Å². The molecule has 1 aliphatic rings. The highest BCUT2D eigenvalue weighted by atomic mass is 127. The molecule has 1 fully saturated rings. The molecule has 1 saturated carbocycles. The lowest BCUT2D eigenvalue weighted by molar-refractivity contribution is 0.0977. The van der Waals surface area contributed by atoms with Crippen LogP contribution in [0.15, 0.2) is 42.5 Å². The van der Waals surface area contributed by atoms with Crippen LogP contribution in [0.1, 0.15) is 48.9 Å². The third kappa shape index (κ3) is 6.84. The Kier molecular flexibility index (Phi) is 8.74. The summed E-state index contributed by atoms with van der Waals surface area (Å²) in [6.07, 6.45) is 7.91. The Morgan fingerprint density at radius 3 is 2.53 bits per heavy atom. The van der Waals surface area contributed by atoms with Crippen molar-refractivity contribution in [2.45, 2.75) is 38.5 Å². The second-order valence-electron chi connectivity index (χ2n) is 7.42. The minimum Gasteiger partial charge on any atom is -0.496 e. The molecule has 2 aromatic carbocycles. The van der Waals surface area contributed by atoms with Crippen molar-refractivity contribution in [2.24, 2.45) is 5.92 Å². The molecule has 7 heteroatoms. The summed E-state index contributed by atoms with van der Waals surface area (Å²) in [5, 5.41) is 5.98. The topological polar surface area (TPSA) is 59.6 Å². The Hall–Kier alpha value is -1.87. The molecular weight excluding hydrogens is 511 g/mol. The summed E-state index contributed by atoms with van der Waals surface area (Å²) in [5.74, 6) is 2.12. The summed E-state index contributed by atoms with van der Waals surface area (Å²) in [5.41, 5.74) is 1.32. The molecule has 0 aliphatic heterocycles. The zero-order chi connectivity index (χ0) is 21.3. The second kappa shape index (κ2) is 11.5. The van der Waals surface area contributed by atoms with Gasteiger partial charge in [0.1, 0.15) is 11.5 Å². The Morgan fingerprint density at radius 1 is 1.13 bits per heavy atom. The number of methoxy groups -OCH3 is 1. The monoisotopic (exact) mass is 538 g/mol. The lowest BCUT2D eigenvalue weighted by Gasteiger charge is -2.21. The van der Waals surface area contributed by atoms with Crippen LogP contribution in [0.2, 0.25) is 0 Å². The minimum absolute atomic E-state index is 0.247. The van der Waals surface area contributed by atoms with Crippen molar-refractivity contribution in [3.63, 3.8) is 0 Å². The van der Waals surface area contributed by atoms with Gasteiger partial charge in [0.25, 0.3) is 5.91 Å². The summed E-state index contributed by atoms with van der Waals surface area (Å²) in [6, 6.07) is 12.9. The third-order valence-electron chi connectivity index (χ3n) is 5.27. The van der Waals surface area contributed by atoms with Gasteiger partial charge >= 0.3 is 0 Å². The first-order valence-corrected chi connectivity index (χ1v) is 11.7. The third-order valence-corrected chi connectivity index (χ3v) is 6.32. The molecule has 2 N–H and O–H groups in total. The van der Waals surface area contributed by atoms with Crippen LogP contribution in [-0.4, -0.2) is 24.7 Å². The Labute approximate surface area is 197 Å². The number of hydrogen-bond donors (Lipinski definition) is 2. The van der Waals surface area contributed by atoms with Crippen molar-refractivity contribution < 1.29 is 14.3 Å². The van der Waals surface area contributed by atoms with Gasteiger partial charge in [-0.05, 0) is 89.6 Å². The molecular formula is C23H27IN2O3S. The van der Waals surface area contributed by atoms with Crippen molar-refractivity contribution in [1.82, 2.24) is 5.32 Å². The van der Waals surface area contributed by atoms with Gasteiger partial charge in [-0.3, -0.25) is 10.1 Å². The molecule has 5 nitrogen and oxygen atoms in total. The number of rotatable bonds is 7. The molecule has 1 amide bonds. The van der Waals surface area contributed by atoms with Crippen LogP contribution in [0.25, 0.3) is 0 Å². The van der Waals surface area contributed by atoms with Crippen molar-refractivity contribution in [1.29, 1.82) is 0 Å². The predicted molar refractivity (Wildman–Crippen MR) is 133 cm³/mol. The standard InChI is InChI=1S/C23H27IN2O3S/c1-28-21-12-7-17(15-20(21)24)22(27)26-23(30)25-18-8-10-19(11-9-18)29-14-13-16-5-3-2-4-6-16/h7-12,15-16H,2-6,13-14H2,1H3,(H2,25,26,27,30). The maximum absolute atomic E-state index is 12.4. The van der Waals surface area contributed by atoms with Gasteiger partial charge in [0, 0.05) is 11.3 Å². The fraction of sp³-hybridized carbons (Fsp3) is 0.391. The van der Waals surface area contributed by atoms with E-state index >= 15 is 0 Å². The molecule has 30 heavy (non-hydrogen) atoms. The maximum Gasteiger partial charge on any atom is 0.257 e. The van der Waals surface area contributed by atoms with Crippen LogP contribution >= 0.6 is 34.8 Å². The summed E-state index contributed by atoms with van der Waals surface area (Å²) < 4.78 is 12.0. The average Bonchev–Trinajstić information content (AvgIpc) is 2.75. The number of carbonyl (C=O) groups is 1. The number of ether oxygens (including phenoxy) is 2. The second-order valence-corrected chi connectivity index (χ2v) is 8.99. The van der Waals surface area contributed by atoms with Crippen LogP contribution in [-0.2, 0) is 0 Å². The number of halogens is 1. The van der Waals surface area contributed by atoms with E-state index in [4.69, 9.17) is 21.7 Å². The molecule has 2 aromatic rings. The largest absolute Gasteiger partial charge is 0.496 e. The maximum atomic E-state index is 12.4. The number of hydrogen-bond acceptors (Lipinski definition) is 4. The molecule has 0 spiro atoms. The van der Waals surface area contributed by atoms with Crippen LogP contribution in [0.4, 0.5) is 5.69 Å². The van der Waals surface area contributed by atoms with Crippen molar-refractivity contribution >= 4 is 51.5 Å². The normalized spacial score (nSPS) is 14.1. The first kappa shape index (κ1) is 22.8. The molecule has 0 heterocycles. The SMILES string of the molecule is COc1ccc(C(=O)NC(=S)Nc2ccc(OCCC3CCCCC3)cc2)cc1I. The van der Waals surface area contributed by atoms with E-state index in [0.717, 1.165) is 39.7 Å². The van der Waals surface area contributed by atoms with Crippen molar-refractivity contribution in [2.75, 3.05) is 19.0 Å². The zero-order valence-electron chi connectivity index (χ0n) is 17.1. The number of thiocarbonyl (C=S) groups is 1. The molecule has 0 unspecified atom stereocenters. The van der Waals surface area contributed by atoms with E-state index in [9.17, 15) is 4.79 Å². The summed E-state index contributed by atoms with van der Waals surface area (Å²) in [6.45, 7) is 0.757. The van der Waals surface area contributed by atoms with Gasteiger partial charge in [0.15, 0.2) is 5.11 Å². The quantitative estimate of drug-likeness (QED) is 0.346. The number of anilines is 1. The predicted octanol–water partition coefficient (Wildman–Crippen LogP) is 5.78. The van der Waals surface area contributed by atoms with Crippen LogP contribution < -0.4 is 20.1 Å². The van der Waals surface area contributed by atoms with Gasteiger partial charge in [-0.2, -0.15) is 0 Å². The van der Waals surface area contributed by atoms with Gasteiger partial charge < -0.3 is 14.8 Å². The van der Waals surface area contributed by atoms with Gasteiger partial charge in [0.2, 0.25) is 0 Å². The van der Waals surface area contributed by atoms with E-state index in [0.29, 0.717) is 5.56 Å². The van der Waals surface area contributed by atoms with Crippen molar-refractivity contribution in [3.05, 3.63) is 51.6 Å². The van der Waals surface area contributed by atoms with Gasteiger partial charge in [-0.25, -0.2) is 0 Å². The Balaban J connectivity index is 1.44. The van der Waals surface area contributed by atoms with E-state index in [2.05, 4.69) is 33.2 Å². The number of benzene rings is 2. The summed E-state index contributed by atoms with van der Waals surface area (Å²) >= 11 is 7.40.